The summed E-state index contributed by atoms with van der Waals surface area (Å²) in [6, 6.07) is 9.41. The van der Waals surface area contributed by atoms with E-state index in [2.05, 4.69) is 11.7 Å². The fraction of sp³-hybridized carbons (Fsp3) is 0.118. The van der Waals surface area contributed by atoms with Gasteiger partial charge in [-0.05, 0) is 42.3 Å². The average Bonchev–Trinajstić information content (AvgIpc) is 2.90. The Hall–Kier alpha value is -2.17. The first kappa shape index (κ1) is 14.8. The van der Waals surface area contributed by atoms with Gasteiger partial charge in [0.05, 0.1) is 0 Å². The van der Waals surface area contributed by atoms with Crippen LogP contribution in [0.25, 0.3) is 22.2 Å². The van der Waals surface area contributed by atoms with Gasteiger partial charge in [-0.1, -0.05) is 22.8 Å². The SMILES string of the molecule is C=CCC(N)c1cc(F)ccc1-c1noc2cc(Cl)ccc12. The molecule has 0 saturated carbocycles. The third-order valence-electron chi connectivity index (χ3n) is 3.52. The molecule has 0 aliphatic carbocycles. The largest absolute Gasteiger partial charge is 0.356 e. The lowest BCUT2D eigenvalue weighted by Gasteiger charge is -2.14. The molecule has 1 unspecified atom stereocenters. The van der Waals surface area contributed by atoms with Crippen molar-refractivity contribution in [1.82, 2.24) is 5.16 Å². The minimum absolute atomic E-state index is 0.339. The van der Waals surface area contributed by atoms with E-state index >= 15 is 0 Å². The van der Waals surface area contributed by atoms with Gasteiger partial charge in [0.2, 0.25) is 0 Å². The molecule has 3 nitrogen and oxygen atoms in total. The Morgan fingerprint density at radius 2 is 2.14 bits per heavy atom. The number of fused-ring (bicyclic) bond motifs is 1. The van der Waals surface area contributed by atoms with Gasteiger partial charge in [0, 0.05) is 28.1 Å². The maximum absolute atomic E-state index is 13.6. The monoisotopic (exact) mass is 316 g/mol. The second-order valence-corrected chi connectivity index (χ2v) is 5.47. The Morgan fingerprint density at radius 3 is 2.91 bits per heavy atom. The zero-order valence-corrected chi connectivity index (χ0v) is 12.5. The van der Waals surface area contributed by atoms with E-state index in [-0.39, 0.29) is 11.9 Å². The molecular formula is C17H14ClFN2O. The minimum atomic E-state index is -0.359. The van der Waals surface area contributed by atoms with Gasteiger partial charge < -0.3 is 10.3 Å². The maximum Gasteiger partial charge on any atom is 0.169 e. The first-order valence-electron chi connectivity index (χ1n) is 6.81. The van der Waals surface area contributed by atoms with Crippen LogP contribution in [-0.2, 0) is 0 Å². The minimum Gasteiger partial charge on any atom is -0.356 e. The predicted octanol–water partition coefficient (Wildman–Crippen LogP) is 4.86. The number of rotatable bonds is 4. The summed E-state index contributed by atoms with van der Waals surface area (Å²) < 4.78 is 18.9. The number of benzene rings is 2. The van der Waals surface area contributed by atoms with Crippen LogP contribution in [0.15, 0.2) is 53.6 Å². The van der Waals surface area contributed by atoms with Crippen molar-refractivity contribution >= 4 is 22.6 Å². The van der Waals surface area contributed by atoms with Crippen LogP contribution >= 0.6 is 11.6 Å². The summed E-state index contributed by atoms with van der Waals surface area (Å²) in [6.07, 6.45) is 2.25. The third kappa shape index (κ3) is 2.63. The average molecular weight is 317 g/mol. The van der Waals surface area contributed by atoms with E-state index < -0.39 is 0 Å². The van der Waals surface area contributed by atoms with Crippen LogP contribution in [0.2, 0.25) is 5.02 Å². The lowest BCUT2D eigenvalue weighted by Crippen LogP contribution is -2.11. The van der Waals surface area contributed by atoms with Crippen LogP contribution in [0.5, 0.6) is 0 Å². The standard InChI is InChI=1S/C17H14ClFN2O/c1-2-3-15(20)14-9-11(19)5-7-12(14)17-13-6-4-10(18)8-16(13)22-21-17/h2,4-9,15H,1,3,20H2. The molecule has 2 aromatic carbocycles. The van der Waals surface area contributed by atoms with E-state index in [9.17, 15) is 4.39 Å². The molecule has 0 saturated heterocycles. The van der Waals surface area contributed by atoms with Crippen LogP contribution < -0.4 is 5.73 Å². The first-order chi connectivity index (χ1) is 10.6. The molecular weight excluding hydrogens is 303 g/mol. The molecule has 2 N–H and O–H groups in total. The molecule has 112 valence electrons. The van der Waals surface area contributed by atoms with Crippen LogP contribution in [-0.4, -0.2) is 5.16 Å². The molecule has 22 heavy (non-hydrogen) atoms. The quantitative estimate of drug-likeness (QED) is 0.699. The highest BCUT2D eigenvalue weighted by Crippen LogP contribution is 2.34. The Kier molecular flexibility index (Phi) is 3.96. The number of hydrogen-bond donors (Lipinski definition) is 1. The molecule has 1 atom stereocenters. The molecule has 0 spiro atoms. The van der Waals surface area contributed by atoms with Crippen molar-refractivity contribution in [3.63, 3.8) is 0 Å². The topological polar surface area (TPSA) is 52.0 Å². The highest BCUT2D eigenvalue weighted by atomic mass is 35.5. The normalized spacial score (nSPS) is 12.5. The fourth-order valence-electron chi connectivity index (χ4n) is 2.47. The Morgan fingerprint density at radius 1 is 1.32 bits per heavy atom. The fourth-order valence-corrected chi connectivity index (χ4v) is 2.63. The van der Waals surface area contributed by atoms with Crippen molar-refractivity contribution in [2.24, 2.45) is 5.73 Å². The maximum atomic E-state index is 13.6. The molecule has 0 aliphatic rings. The smallest absolute Gasteiger partial charge is 0.169 e. The second kappa shape index (κ2) is 5.91. The van der Waals surface area contributed by atoms with Gasteiger partial charge in [-0.2, -0.15) is 0 Å². The molecule has 1 aromatic heterocycles. The highest BCUT2D eigenvalue weighted by Gasteiger charge is 2.18. The predicted molar refractivity (Wildman–Crippen MR) is 86.2 cm³/mol. The summed E-state index contributed by atoms with van der Waals surface area (Å²) in [6.45, 7) is 3.68. The summed E-state index contributed by atoms with van der Waals surface area (Å²) >= 11 is 5.95. The number of nitrogens with two attached hydrogens (primary N) is 1. The van der Waals surface area contributed by atoms with Crippen molar-refractivity contribution in [3.05, 3.63) is 65.5 Å². The number of hydrogen-bond acceptors (Lipinski definition) is 3. The third-order valence-corrected chi connectivity index (χ3v) is 3.76. The number of halogens is 2. The first-order valence-corrected chi connectivity index (χ1v) is 7.19. The number of nitrogens with zero attached hydrogens (tertiary/aromatic N) is 1. The van der Waals surface area contributed by atoms with Crippen LogP contribution in [0.1, 0.15) is 18.0 Å². The molecule has 0 aliphatic heterocycles. The number of aromatic nitrogens is 1. The van der Waals surface area contributed by atoms with Crippen LogP contribution in [0, 0.1) is 5.82 Å². The van der Waals surface area contributed by atoms with E-state index in [0.29, 0.717) is 28.3 Å². The van der Waals surface area contributed by atoms with Crippen molar-refractivity contribution < 1.29 is 8.91 Å². The molecule has 0 radical (unpaired) electrons. The van der Waals surface area contributed by atoms with E-state index in [1.807, 2.05) is 6.07 Å². The van der Waals surface area contributed by atoms with Gasteiger partial charge in [-0.3, -0.25) is 0 Å². The molecule has 3 aromatic rings. The van der Waals surface area contributed by atoms with Gasteiger partial charge in [0.25, 0.3) is 0 Å². The van der Waals surface area contributed by atoms with E-state index in [4.69, 9.17) is 21.9 Å². The van der Waals surface area contributed by atoms with Crippen molar-refractivity contribution in [2.75, 3.05) is 0 Å². The molecule has 1 heterocycles. The molecule has 5 heteroatoms. The summed E-state index contributed by atoms with van der Waals surface area (Å²) in [7, 11) is 0. The summed E-state index contributed by atoms with van der Waals surface area (Å²) in [4.78, 5) is 0. The van der Waals surface area contributed by atoms with E-state index in [0.717, 1.165) is 10.9 Å². The molecule has 3 rings (SSSR count). The zero-order chi connectivity index (χ0) is 15.7. The Bertz CT molecular complexity index is 844. The summed E-state index contributed by atoms with van der Waals surface area (Å²) in [5.74, 6) is -0.339. The lowest BCUT2D eigenvalue weighted by molar-refractivity contribution is 0.459. The molecule has 0 fully saturated rings. The Labute approximate surface area is 132 Å². The molecule has 0 amide bonds. The van der Waals surface area contributed by atoms with Gasteiger partial charge in [0.1, 0.15) is 11.5 Å². The van der Waals surface area contributed by atoms with Gasteiger partial charge in [-0.25, -0.2) is 4.39 Å². The van der Waals surface area contributed by atoms with E-state index in [1.54, 1.807) is 24.3 Å². The summed E-state index contributed by atoms with van der Waals surface area (Å²) in [5, 5.41) is 5.48. The van der Waals surface area contributed by atoms with Crippen molar-refractivity contribution in [3.8, 4) is 11.3 Å². The zero-order valence-electron chi connectivity index (χ0n) is 11.7. The van der Waals surface area contributed by atoms with Crippen molar-refractivity contribution in [2.45, 2.75) is 12.5 Å². The summed E-state index contributed by atoms with van der Waals surface area (Å²) in [5.41, 5.74) is 8.76. The van der Waals surface area contributed by atoms with Crippen LogP contribution in [0.3, 0.4) is 0 Å². The molecule has 0 bridgehead atoms. The Balaban J connectivity index is 2.19. The second-order valence-electron chi connectivity index (χ2n) is 5.03. The highest BCUT2D eigenvalue weighted by molar-refractivity contribution is 6.31. The van der Waals surface area contributed by atoms with Gasteiger partial charge in [0.15, 0.2) is 5.58 Å². The van der Waals surface area contributed by atoms with Gasteiger partial charge in [-0.15, -0.1) is 6.58 Å². The lowest BCUT2D eigenvalue weighted by atomic mass is 9.95. The van der Waals surface area contributed by atoms with E-state index in [1.165, 1.54) is 12.1 Å². The van der Waals surface area contributed by atoms with Gasteiger partial charge >= 0.3 is 0 Å². The van der Waals surface area contributed by atoms with Crippen LogP contribution in [0.4, 0.5) is 4.39 Å². The van der Waals surface area contributed by atoms with Crippen molar-refractivity contribution in [1.29, 1.82) is 0 Å².